The minimum Gasteiger partial charge on any atom is -0.497 e. The van der Waals surface area contributed by atoms with Crippen LogP contribution in [0.15, 0.2) is 48.7 Å². The van der Waals surface area contributed by atoms with Crippen LogP contribution in [0.5, 0.6) is 5.75 Å². The van der Waals surface area contributed by atoms with Crippen LogP contribution >= 0.6 is 0 Å². The van der Waals surface area contributed by atoms with Crippen molar-refractivity contribution in [2.75, 3.05) is 43.5 Å². The first kappa shape index (κ1) is 23.4. The zero-order chi connectivity index (χ0) is 24.5. The van der Waals surface area contributed by atoms with Crippen LogP contribution in [0, 0.1) is 5.92 Å². The molecule has 3 heterocycles. The number of methoxy groups -OCH3 is 1. The molecule has 3 aliphatic rings. The number of aromatic nitrogens is 1. The number of ether oxygens (including phenoxy) is 1. The number of ketones is 1. The van der Waals surface area contributed by atoms with Crippen LogP contribution in [0.4, 0.5) is 11.4 Å². The molecule has 0 radical (unpaired) electrons. The fourth-order valence-electron chi connectivity index (χ4n) is 6.71. The second-order valence-corrected chi connectivity index (χ2v) is 10.7. The van der Waals surface area contributed by atoms with Crippen molar-refractivity contribution in [2.45, 2.75) is 57.0 Å². The summed E-state index contributed by atoms with van der Waals surface area (Å²) in [5, 5.41) is 5.07. The molecule has 1 saturated carbocycles. The van der Waals surface area contributed by atoms with Gasteiger partial charge in [0.2, 0.25) is 0 Å². The molecule has 1 aromatic heterocycles. The highest BCUT2D eigenvalue weighted by Gasteiger charge is 2.40. The molecule has 36 heavy (non-hydrogen) atoms. The van der Waals surface area contributed by atoms with E-state index < -0.39 is 0 Å². The maximum atomic E-state index is 14.1. The van der Waals surface area contributed by atoms with Crippen LogP contribution in [0.1, 0.15) is 44.1 Å². The molecular formula is C30H38N4O2. The van der Waals surface area contributed by atoms with Crippen LogP contribution in [0.25, 0.3) is 10.9 Å². The van der Waals surface area contributed by atoms with Gasteiger partial charge < -0.3 is 19.9 Å². The third-order valence-electron chi connectivity index (χ3n) is 8.68. The Kier molecular flexibility index (Phi) is 6.61. The summed E-state index contributed by atoms with van der Waals surface area (Å²) >= 11 is 0. The normalized spacial score (nSPS) is 22.1. The average Bonchev–Trinajstić information content (AvgIpc) is 3.43. The van der Waals surface area contributed by atoms with Gasteiger partial charge in [0.1, 0.15) is 5.75 Å². The van der Waals surface area contributed by atoms with Crippen molar-refractivity contribution >= 4 is 28.1 Å². The number of carbonyl (C=O) groups is 1. The van der Waals surface area contributed by atoms with Gasteiger partial charge in [0.15, 0.2) is 5.78 Å². The number of Topliss-reactive ketones (excluding diaryl/α,β-unsaturated/α-hetero) is 1. The third-order valence-corrected chi connectivity index (χ3v) is 8.68. The first-order valence-corrected chi connectivity index (χ1v) is 13.7. The molecule has 2 fully saturated rings. The first-order valence-electron chi connectivity index (χ1n) is 13.7. The predicted octanol–water partition coefficient (Wildman–Crippen LogP) is 5.24. The molecule has 190 valence electrons. The number of aromatic amines is 1. The Morgan fingerprint density at radius 3 is 2.64 bits per heavy atom. The monoisotopic (exact) mass is 486 g/mol. The number of anilines is 2. The van der Waals surface area contributed by atoms with E-state index in [1.807, 2.05) is 12.3 Å². The van der Waals surface area contributed by atoms with E-state index >= 15 is 0 Å². The van der Waals surface area contributed by atoms with Crippen molar-refractivity contribution in [1.82, 2.24) is 9.88 Å². The second-order valence-electron chi connectivity index (χ2n) is 10.7. The van der Waals surface area contributed by atoms with E-state index in [4.69, 9.17) is 4.74 Å². The molecule has 1 saturated heterocycles. The highest BCUT2D eigenvalue weighted by atomic mass is 16.5. The number of nitrogens with zero attached hydrogens (tertiary/aromatic N) is 2. The SMILES string of the molecule is COc1ccc2c(c1)CCC(C(C(=O)C1CCCCC1)N1CCN(c3cccc4[nH]ccc34)CC1)N2. The molecule has 6 heteroatoms. The van der Waals surface area contributed by atoms with Crippen molar-refractivity contribution in [3.8, 4) is 5.75 Å². The van der Waals surface area contributed by atoms with Crippen LogP contribution in [0.2, 0.25) is 0 Å². The predicted molar refractivity (Wildman–Crippen MR) is 146 cm³/mol. The van der Waals surface area contributed by atoms with Gasteiger partial charge in [-0.1, -0.05) is 25.3 Å². The molecule has 2 N–H and O–H groups in total. The van der Waals surface area contributed by atoms with Crippen LogP contribution in [-0.4, -0.2) is 61.0 Å². The summed E-state index contributed by atoms with van der Waals surface area (Å²) in [6, 6.07) is 15.0. The van der Waals surface area contributed by atoms with Gasteiger partial charge in [0.25, 0.3) is 0 Å². The minimum atomic E-state index is -0.0615. The topological polar surface area (TPSA) is 60.6 Å². The maximum Gasteiger partial charge on any atom is 0.155 e. The van der Waals surface area contributed by atoms with Gasteiger partial charge in [0, 0.05) is 66.6 Å². The number of rotatable bonds is 6. The number of carbonyl (C=O) groups excluding carboxylic acids is 1. The molecular weight excluding hydrogens is 448 g/mol. The first-order chi connectivity index (χ1) is 17.7. The van der Waals surface area contributed by atoms with Gasteiger partial charge in [-0.25, -0.2) is 0 Å². The van der Waals surface area contributed by atoms with Gasteiger partial charge in [-0.3, -0.25) is 9.69 Å². The Balaban J connectivity index is 1.22. The Hall–Kier alpha value is -2.99. The minimum absolute atomic E-state index is 0.0615. The van der Waals surface area contributed by atoms with E-state index in [2.05, 4.69) is 56.5 Å². The quantitative estimate of drug-likeness (QED) is 0.499. The smallest absolute Gasteiger partial charge is 0.155 e. The molecule has 2 unspecified atom stereocenters. The number of aryl methyl sites for hydroxylation is 1. The molecule has 0 amide bonds. The summed E-state index contributed by atoms with van der Waals surface area (Å²) in [5.41, 5.74) is 4.93. The van der Waals surface area contributed by atoms with Crippen molar-refractivity contribution < 1.29 is 9.53 Å². The lowest BCUT2D eigenvalue weighted by molar-refractivity contribution is -0.130. The number of H-pyrrole nitrogens is 1. The molecule has 2 aromatic carbocycles. The number of nitrogens with one attached hydrogen (secondary N) is 2. The van der Waals surface area contributed by atoms with E-state index in [-0.39, 0.29) is 18.0 Å². The van der Waals surface area contributed by atoms with Gasteiger partial charge >= 0.3 is 0 Å². The Bertz CT molecular complexity index is 1210. The fraction of sp³-hybridized carbons (Fsp3) is 0.500. The highest BCUT2D eigenvalue weighted by Crippen LogP contribution is 2.34. The number of hydrogen-bond acceptors (Lipinski definition) is 5. The van der Waals surface area contributed by atoms with Crippen molar-refractivity contribution in [2.24, 2.45) is 5.92 Å². The van der Waals surface area contributed by atoms with E-state index in [0.29, 0.717) is 5.78 Å². The summed E-state index contributed by atoms with van der Waals surface area (Å²) in [6.07, 6.45) is 9.76. The lowest BCUT2D eigenvalue weighted by Crippen LogP contribution is -2.60. The molecule has 0 spiro atoms. The highest BCUT2D eigenvalue weighted by molar-refractivity contribution is 5.92. The van der Waals surface area contributed by atoms with Crippen molar-refractivity contribution in [1.29, 1.82) is 0 Å². The number of hydrogen-bond donors (Lipinski definition) is 2. The Labute approximate surface area is 214 Å². The van der Waals surface area contributed by atoms with E-state index in [1.54, 1.807) is 7.11 Å². The van der Waals surface area contributed by atoms with Crippen molar-refractivity contribution in [3.05, 3.63) is 54.2 Å². The number of benzene rings is 2. The standard InChI is InChI=1S/C30H38N4O2/c1-36-23-11-13-25-22(20-23)10-12-27(32-25)29(30(35)21-6-3-2-4-7-21)34-18-16-33(17-19-34)28-9-5-8-26-24(28)14-15-31-26/h5,8-9,11,13-15,20-21,27,29,31-32H,2-4,6-7,10,12,16-19H2,1H3. The average molecular weight is 487 g/mol. The summed E-state index contributed by atoms with van der Waals surface area (Å²) in [5.74, 6) is 1.59. The second kappa shape index (κ2) is 10.2. The molecule has 2 atom stereocenters. The zero-order valence-corrected chi connectivity index (χ0v) is 21.3. The van der Waals surface area contributed by atoms with E-state index in [9.17, 15) is 4.79 Å². The molecule has 1 aliphatic carbocycles. The lowest BCUT2D eigenvalue weighted by Gasteiger charge is -2.45. The maximum absolute atomic E-state index is 14.1. The van der Waals surface area contributed by atoms with Gasteiger partial charge in [-0.15, -0.1) is 0 Å². The zero-order valence-electron chi connectivity index (χ0n) is 21.3. The van der Waals surface area contributed by atoms with E-state index in [1.165, 1.54) is 41.4 Å². The molecule has 6 rings (SSSR count). The molecule has 0 bridgehead atoms. The van der Waals surface area contributed by atoms with Gasteiger partial charge in [-0.05, 0) is 67.6 Å². The van der Waals surface area contributed by atoms with Crippen LogP contribution < -0.4 is 15.0 Å². The fourth-order valence-corrected chi connectivity index (χ4v) is 6.71. The molecule has 6 nitrogen and oxygen atoms in total. The van der Waals surface area contributed by atoms with Crippen molar-refractivity contribution in [3.63, 3.8) is 0 Å². The van der Waals surface area contributed by atoms with Gasteiger partial charge in [-0.2, -0.15) is 0 Å². The summed E-state index contributed by atoms with van der Waals surface area (Å²) in [4.78, 5) is 22.4. The largest absolute Gasteiger partial charge is 0.497 e. The summed E-state index contributed by atoms with van der Waals surface area (Å²) in [6.45, 7) is 3.72. The third kappa shape index (κ3) is 4.47. The summed E-state index contributed by atoms with van der Waals surface area (Å²) in [7, 11) is 1.72. The molecule has 2 aliphatic heterocycles. The Morgan fingerprint density at radius 2 is 1.83 bits per heavy atom. The van der Waals surface area contributed by atoms with Crippen LogP contribution in [-0.2, 0) is 11.2 Å². The van der Waals surface area contributed by atoms with Gasteiger partial charge in [0.05, 0.1) is 13.2 Å². The van der Waals surface area contributed by atoms with E-state index in [0.717, 1.165) is 63.3 Å². The lowest BCUT2D eigenvalue weighted by atomic mass is 9.80. The molecule has 3 aromatic rings. The van der Waals surface area contributed by atoms with Crippen LogP contribution in [0.3, 0.4) is 0 Å². The summed E-state index contributed by atoms with van der Waals surface area (Å²) < 4.78 is 5.44. The number of piperazine rings is 1. The number of fused-ring (bicyclic) bond motifs is 2. The Morgan fingerprint density at radius 1 is 1.00 bits per heavy atom.